The van der Waals surface area contributed by atoms with E-state index in [1.165, 1.54) is 82.1 Å². The van der Waals surface area contributed by atoms with Crippen LogP contribution in [0.25, 0.3) is 0 Å². The number of nitrogens with zero attached hydrogens (tertiary/aromatic N) is 1. The normalized spacial score (nSPS) is 11.7. The molecule has 10 nitrogen and oxygen atoms in total. The summed E-state index contributed by atoms with van der Waals surface area (Å²) in [5, 5.41) is 16.5. The summed E-state index contributed by atoms with van der Waals surface area (Å²) >= 11 is 0. The molecule has 2 amide bonds. The van der Waals surface area contributed by atoms with Gasteiger partial charge in [-0.1, -0.05) is 102 Å². The molecular weight excluding hydrogens is 604 g/mol. The highest BCUT2D eigenvalue weighted by Gasteiger charge is 2.21. The molecule has 0 heterocycles. The predicted molar refractivity (Wildman–Crippen MR) is 185 cm³/mol. The van der Waals surface area contributed by atoms with Crippen LogP contribution in [0.15, 0.2) is 59.1 Å². The summed E-state index contributed by atoms with van der Waals surface area (Å²) in [7, 11) is -3.91. The quantitative estimate of drug-likeness (QED) is 0.0475. The van der Waals surface area contributed by atoms with E-state index in [-0.39, 0.29) is 23.5 Å². The van der Waals surface area contributed by atoms with Crippen molar-refractivity contribution >= 4 is 33.2 Å². The van der Waals surface area contributed by atoms with Gasteiger partial charge in [-0.3, -0.25) is 24.4 Å². The molecule has 0 saturated carbocycles. The monoisotopic (exact) mass is 656 g/mol. The highest BCUT2D eigenvalue weighted by molar-refractivity contribution is 7.92. The molecule has 0 aromatic heterocycles. The highest BCUT2D eigenvalue weighted by atomic mass is 32.2. The molecule has 2 rings (SSSR count). The molecule has 2 aromatic carbocycles. The van der Waals surface area contributed by atoms with E-state index in [0.717, 1.165) is 36.8 Å². The number of anilines is 2. The lowest BCUT2D eigenvalue weighted by Crippen LogP contribution is -2.31. The summed E-state index contributed by atoms with van der Waals surface area (Å²) < 4.78 is 28.5. The number of benzene rings is 2. The van der Waals surface area contributed by atoms with Crippen LogP contribution in [0.2, 0.25) is 0 Å². The van der Waals surface area contributed by atoms with Crippen LogP contribution in [0.3, 0.4) is 0 Å². The molecule has 0 spiro atoms. The topological polar surface area (TPSA) is 148 Å². The molecule has 0 saturated heterocycles. The van der Waals surface area contributed by atoms with Crippen molar-refractivity contribution in [1.82, 2.24) is 5.32 Å². The fourth-order valence-corrected chi connectivity index (χ4v) is 6.23. The van der Waals surface area contributed by atoms with Gasteiger partial charge in [0.15, 0.2) is 0 Å². The summed E-state index contributed by atoms with van der Waals surface area (Å²) in [4.78, 5) is 35.6. The molecule has 46 heavy (non-hydrogen) atoms. The number of unbranched alkanes of at least 4 members (excludes halogenated alkanes) is 13. The van der Waals surface area contributed by atoms with Crippen molar-refractivity contribution in [1.29, 1.82) is 0 Å². The maximum Gasteiger partial charge on any atom is 0.329 e. The van der Waals surface area contributed by atoms with Crippen molar-refractivity contribution in [3.8, 4) is 0 Å². The van der Waals surface area contributed by atoms with Crippen LogP contribution in [0.1, 0.15) is 114 Å². The first-order valence-electron chi connectivity index (χ1n) is 16.7. The smallest absolute Gasteiger partial charge is 0.329 e. The lowest BCUT2D eigenvalue weighted by atomic mass is 10.0. The van der Waals surface area contributed by atoms with E-state index >= 15 is 0 Å². The summed E-state index contributed by atoms with van der Waals surface area (Å²) in [6, 6.07) is 11.2. The van der Waals surface area contributed by atoms with Crippen molar-refractivity contribution < 1.29 is 22.9 Å². The van der Waals surface area contributed by atoms with Crippen LogP contribution < -0.4 is 15.4 Å². The second-order valence-corrected chi connectivity index (χ2v) is 13.5. The van der Waals surface area contributed by atoms with E-state index < -0.39 is 32.5 Å². The van der Waals surface area contributed by atoms with E-state index in [4.69, 9.17) is 0 Å². The fourth-order valence-electron chi connectivity index (χ4n) is 5.06. The Morgan fingerprint density at radius 3 is 2.04 bits per heavy atom. The molecule has 254 valence electrons. The maximum absolute atomic E-state index is 13.0. The van der Waals surface area contributed by atoms with Crippen LogP contribution >= 0.6 is 0 Å². The van der Waals surface area contributed by atoms with Crippen molar-refractivity contribution in [2.24, 2.45) is 0 Å². The van der Waals surface area contributed by atoms with E-state index in [2.05, 4.69) is 22.3 Å². The number of hydrogen-bond donors (Lipinski definition) is 3. The molecule has 0 aliphatic heterocycles. The zero-order valence-electron chi connectivity index (χ0n) is 27.7. The van der Waals surface area contributed by atoms with Crippen LogP contribution in [0, 0.1) is 24.0 Å². The molecule has 0 fully saturated rings. The lowest BCUT2D eigenvalue weighted by molar-refractivity contribution is -0.419. The summed E-state index contributed by atoms with van der Waals surface area (Å²) in [6.45, 7) is 5.84. The number of nitrogens with one attached hydrogen (secondary N) is 3. The molecule has 0 radical (unpaired) electrons. The van der Waals surface area contributed by atoms with E-state index in [1.54, 1.807) is 18.2 Å². The first kappa shape index (κ1) is 38.5. The third-order valence-electron chi connectivity index (χ3n) is 7.99. The number of hydrogen-bond acceptors (Lipinski definition) is 6. The minimum atomic E-state index is -3.91. The van der Waals surface area contributed by atoms with Crippen molar-refractivity contribution in [2.45, 2.75) is 122 Å². The van der Waals surface area contributed by atoms with E-state index in [9.17, 15) is 28.1 Å². The number of amides is 2. The summed E-state index contributed by atoms with van der Waals surface area (Å²) in [5.41, 5.74) is 1.98. The number of aryl methyl sites for hydroxylation is 1. The number of carbonyl (C=O) groups excluding carboxylic acids is 2. The van der Waals surface area contributed by atoms with Gasteiger partial charge in [0.2, 0.25) is 5.91 Å². The lowest BCUT2D eigenvalue weighted by Gasteiger charge is -2.13. The zero-order valence-corrected chi connectivity index (χ0v) is 28.6. The third kappa shape index (κ3) is 14.6. The average Bonchev–Trinajstić information content (AvgIpc) is 3.01. The predicted octanol–water partition coefficient (Wildman–Crippen LogP) is 8.19. The highest BCUT2D eigenvalue weighted by Crippen LogP contribution is 2.23. The molecule has 0 unspecified atom stereocenters. The van der Waals surface area contributed by atoms with E-state index in [0.29, 0.717) is 12.1 Å². The van der Waals surface area contributed by atoms with Crippen LogP contribution in [-0.4, -0.2) is 31.7 Å². The number of carbonyl (C=O) groups is 2. The Bertz CT molecular complexity index is 1410. The Kier molecular flexibility index (Phi) is 17.7. The van der Waals surface area contributed by atoms with Crippen molar-refractivity contribution in [2.75, 3.05) is 16.6 Å². The molecule has 0 bridgehead atoms. The Morgan fingerprint density at radius 1 is 0.848 bits per heavy atom. The number of sulfonamides is 1. The standard InChI is InChI=1S/C35H52N4O6S/c1-4-5-6-7-8-9-10-11-12-13-14-15-16-17-24-33(39(42)43)35(41)36-26-25-34(40)37-30-21-19-22-31(27-30)46(44,45)38-32-23-18-20-28(2)29(32)3/h18-24,27,38H,4-17,25-26H2,1-3H3,(H,36,41)(H,37,40). The minimum Gasteiger partial charge on any atom is -0.346 e. The van der Waals surface area contributed by atoms with Gasteiger partial charge in [-0.2, -0.15) is 0 Å². The Labute approximate surface area is 275 Å². The number of nitro groups is 1. The molecule has 0 aliphatic rings. The fraction of sp³-hybridized carbons (Fsp3) is 0.543. The van der Waals surface area contributed by atoms with Gasteiger partial charge in [-0.25, -0.2) is 8.42 Å². The van der Waals surface area contributed by atoms with Gasteiger partial charge in [0.25, 0.3) is 10.0 Å². The average molecular weight is 657 g/mol. The number of allylic oxidation sites excluding steroid dienone is 1. The second-order valence-electron chi connectivity index (χ2n) is 11.8. The molecule has 2 aromatic rings. The van der Waals surface area contributed by atoms with Gasteiger partial charge in [-0.15, -0.1) is 0 Å². The first-order valence-corrected chi connectivity index (χ1v) is 18.1. The maximum atomic E-state index is 13.0. The van der Waals surface area contributed by atoms with Gasteiger partial charge in [0, 0.05) is 18.7 Å². The van der Waals surface area contributed by atoms with Gasteiger partial charge >= 0.3 is 11.6 Å². The van der Waals surface area contributed by atoms with Crippen LogP contribution in [-0.2, 0) is 19.6 Å². The molecule has 0 atom stereocenters. The van der Waals surface area contributed by atoms with Crippen molar-refractivity contribution in [3.63, 3.8) is 0 Å². The zero-order chi connectivity index (χ0) is 33.8. The van der Waals surface area contributed by atoms with Gasteiger partial charge in [0.1, 0.15) is 0 Å². The summed E-state index contributed by atoms with van der Waals surface area (Å²) in [5.74, 6) is -1.31. The van der Waals surface area contributed by atoms with Crippen molar-refractivity contribution in [3.05, 3.63) is 75.5 Å². The Balaban J connectivity index is 1.70. The van der Waals surface area contributed by atoms with Gasteiger partial charge in [0.05, 0.1) is 15.5 Å². The Hall–Kier alpha value is -3.73. The molecule has 0 aliphatic carbocycles. The van der Waals surface area contributed by atoms with Crippen LogP contribution in [0.4, 0.5) is 11.4 Å². The number of rotatable bonds is 23. The van der Waals surface area contributed by atoms with E-state index in [1.807, 2.05) is 19.9 Å². The second kappa shape index (κ2) is 21.1. The largest absolute Gasteiger partial charge is 0.346 e. The molecule has 11 heteroatoms. The Morgan fingerprint density at radius 2 is 1.43 bits per heavy atom. The van der Waals surface area contributed by atoms with Gasteiger partial charge < -0.3 is 10.6 Å². The molecule has 3 N–H and O–H groups in total. The summed E-state index contributed by atoms with van der Waals surface area (Å²) in [6.07, 6.45) is 17.4. The third-order valence-corrected chi connectivity index (χ3v) is 9.35. The van der Waals surface area contributed by atoms with Crippen LogP contribution in [0.5, 0.6) is 0 Å². The molecular formula is C35H52N4O6S. The first-order chi connectivity index (χ1) is 22.0. The van der Waals surface area contributed by atoms with Gasteiger partial charge in [-0.05, 0) is 68.2 Å². The SMILES string of the molecule is CCCCCCCCCCCCCCCC=C(C(=O)NCCC(=O)Nc1cccc(S(=O)(=O)Nc2cccc(C)c2C)c1)[N+](=O)[O-]. The minimum absolute atomic E-state index is 0.0243.